The first-order chi connectivity index (χ1) is 29.1. The van der Waals surface area contributed by atoms with Gasteiger partial charge in [-0.05, 0) is 172 Å². The van der Waals surface area contributed by atoms with Crippen LogP contribution in [0.25, 0.3) is 44.2 Å². The van der Waals surface area contributed by atoms with Crippen molar-refractivity contribution in [1.82, 2.24) is 0 Å². The van der Waals surface area contributed by atoms with E-state index < -0.39 is 5.41 Å². The Morgan fingerprint density at radius 1 is 0.410 bits per heavy atom. The lowest BCUT2D eigenvalue weighted by atomic mass is 9.66. The van der Waals surface area contributed by atoms with Gasteiger partial charge in [-0.2, -0.15) is 0 Å². The third kappa shape index (κ3) is 5.57. The Balaban J connectivity index is 1.10. The minimum atomic E-state index is -0.541. The molecule has 0 saturated heterocycles. The Bertz CT molecular complexity index is 2870. The molecule has 4 heteroatoms. The minimum Gasteiger partial charge on any atom is -0.322 e. The molecule has 4 nitrogen and oxygen atoms in total. The molecule has 10 rings (SSSR count). The van der Waals surface area contributed by atoms with Crippen molar-refractivity contribution in [1.29, 1.82) is 0 Å². The van der Waals surface area contributed by atoms with E-state index in [2.05, 4.69) is 237 Å². The Morgan fingerprint density at radius 3 is 1.30 bits per heavy atom. The number of rotatable bonds is 6. The van der Waals surface area contributed by atoms with Crippen LogP contribution in [0.15, 0.2) is 168 Å². The molecule has 304 valence electrons. The SMILES string of the molecule is CC1=NC(C)(C)C(C)(C)N1c1ccc(-c2ccc3c(c2)C(c2ccccc2)(c2ccccc2)c2c-3ccc3cc(-c4ccc(N5C(C)=NC(C)(C)C5(C)C)cc4)ccc23)cc1. The van der Waals surface area contributed by atoms with Gasteiger partial charge < -0.3 is 9.80 Å². The van der Waals surface area contributed by atoms with E-state index in [4.69, 9.17) is 9.98 Å². The first-order valence-electron chi connectivity index (χ1n) is 21.8. The van der Waals surface area contributed by atoms with Gasteiger partial charge in [0.2, 0.25) is 0 Å². The molecular weight excluding hydrogens is 741 g/mol. The number of amidine groups is 2. The van der Waals surface area contributed by atoms with Gasteiger partial charge in [0, 0.05) is 11.4 Å². The fourth-order valence-corrected chi connectivity index (χ4v) is 10.8. The molecule has 0 unspecified atom stereocenters. The highest BCUT2D eigenvalue weighted by Crippen LogP contribution is 2.59. The van der Waals surface area contributed by atoms with E-state index in [0.717, 1.165) is 11.7 Å². The molecule has 0 spiro atoms. The maximum absolute atomic E-state index is 5.05. The van der Waals surface area contributed by atoms with Crippen LogP contribution in [0, 0.1) is 0 Å². The second kappa shape index (κ2) is 13.4. The molecule has 0 atom stereocenters. The molecule has 0 bridgehead atoms. The Morgan fingerprint density at radius 2 is 0.836 bits per heavy atom. The van der Waals surface area contributed by atoms with E-state index in [-0.39, 0.29) is 22.2 Å². The van der Waals surface area contributed by atoms with E-state index >= 15 is 0 Å². The van der Waals surface area contributed by atoms with Gasteiger partial charge >= 0.3 is 0 Å². The number of nitrogens with zero attached hydrogens (tertiary/aromatic N) is 4. The van der Waals surface area contributed by atoms with Crippen molar-refractivity contribution >= 4 is 33.8 Å². The zero-order valence-electron chi connectivity index (χ0n) is 37.3. The van der Waals surface area contributed by atoms with E-state index in [1.807, 2.05) is 0 Å². The molecule has 1 aliphatic carbocycles. The number of aliphatic imine (C=N–C) groups is 2. The van der Waals surface area contributed by atoms with Crippen LogP contribution in [0.2, 0.25) is 0 Å². The van der Waals surface area contributed by atoms with Crippen LogP contribution in [-0.2, 0) is 5.41 Å². The lowest BCUT2D eigenvalue weighted by Crippen LogP contribution is -2.52. The maximum atomic E-state index is 5.05. The molecule has 7 aromatic carbocycles. The number of fused-ring (bicyclic) bond motifs is 5. The lowest BCUT2D eigenvalue weighted by Gasteiger charge is -2.41. The van der Waals surface area contributed by atoms with E-state index in [0.29, 0.717) is 0 Å². The van der Waals surface area contributed by atoms with Crippen LogP contribution < -0.4 is 9.80 Å². The first-order valence-corrected chi connectivity index (χ1v) is 21.8. The third-order valence-corrected chi connectivity index (χ3v) is 15.1. The molecule has 7 aromatic rings. The molecule has 0 amide bonds. The lowest BCUT2D eigenvalue weighted by molar-refractivity contribution is 0.338. The molecule has 61 heavy (non-hydrogen) atoms. The average Bonchev–Trinajstić information content (AvgIpc) is 3.70. The van der Waals surface area contributed by atoms with Crippen molar-refractivity contribution < 1.29 is 0 Å². The largest absolute Gasteiger partial charge is 0.322 e. The highest BCUT2D eigenvalue weighted by atomic mass is 15.3. The average molecular weight is 797 g/mol. The van der Waals surface area contributed by atoms with Crippen LogP contribution in [0.5, 0.6) is 0 Å². The summed E-state index contributed by atoms with van der Waals surface area (Å²) in [7, 11) is 0. The summed E-state index contributed by atoms with van der Waals surface area (Å²) in [6, 6.07) is 59.4. The van der Waals surface area contributed by atoms with Crippen LogP contribution in [0.4, 0.5) is 11.4 Å². The summed E-state index contributed by atoms with van der Waals surface area (Å²) in [5.41, 5.74) is 13.7. The molecule has 2 aliphatic heterocycles. The van der Waals surface area contributed by atoms with Crippen molar-refractivity contribution in [2.75, 3.05) is 9.80 Å². The van der Waals surface area contributed by atoms with Gasteiger partial charge in [0.15, 0.2) is 0 Å². The molecular formula is C57H56N4. The fourth-order valence-electron chi connectivity index (χ4n) is 10.8. The molecule has 2 heterocycles. The van der Waals surface area contributed by atoms with Gasteiger partial charge in [-0.15, -0.1) is 0 Å². The number of benzene rings is 7. The summed E-state index contributed by atoms with van der Waals surface area (Å²) in [6.45, 7) is 22.3. The van der Waals surface area contributed by atoms with E-state index in [9.17, 15) is 0 Å². The molecule has 0 radical (unpaired) electrons. The molecule has 0 N–H and O–H groups in total. The van der Waals surface area contributed by atoms with Crippen molar-refractivity contribution in [3.63, 3.8) is 0 Å². The van der Waals surface area contributed by atoms with Crippen LogP contribution >= 0.6 is 0 Å². The summed E-state index contributed by atoms with van der Waals surface area (Å²) in [4.78, 5) is 14.9. The van der Waals surface area contributed by atoms with Crippen molar-refractivity contribution in [3.8, 4) is 33.4 Å². The molecule has 0 saturated carbocycles. The van der Waals surface area contributed by atoms with Gasteiger partial charge in [-0.25, -0.2) is 0 Å². The van der Waals surface area contributed by atoms with Crippen LogP contribution in [0.1, 0.15) is 91.5 Å². The predicted octanol–water partition coefficient (Wildman–Crippen LogP) is 14.1. The summed E-state index contributed by atoms with van der Waals surface area (Å²) >= 11 is 0. The number of anilines is 2. The van der Waals surface area contributed by atoms with Gasteiger partial charge in [-0.3, -0.25) is 9.98 Å². The summed E-state index contributed by atoms with van der Waals surface area (Å²) in [5, 5.41) is 2.51. The highest BCUT2D eigenvalue weighted by molar-refractivity contribution is 6.03. The van der Waals surface area contributed by atoms with Gasteiger partial charge in [-0.1, -0.05) is 121 Å². The second-order valence-electron chi connectivity index (χ2n) is 19.5. The molecule has 0 fully saturated rings. The molecule has 0 aromatic heterocycles. The van der Waals surface area contributed by atoms with Gasteiger partial charge in [0.25, 0.3) is 0 Å². The normalized spacial score (nSPS) is 18.8. The zero-order chi connectivity index (χ0) is 42.7. The van der Waals surface area contributed by atoms with Gasteiger partial charge in [0.1, 0.15) is 11.7 Å². The Hall–Kier alpha value is -6.26. The minimum absolute atomic E-state index is 0.133. The highest BCUT2D eigenvalue weighted by Gasteiger charge is 2.50. The first kappa shape index (κ1) is 38.9. The maximum Gasteiger partial charge on any atom is 0.102 e. The van der Waals surface area contributed by atoms with Crippen molar-refractivity contribution in [2.24, 2.45) is 9.98 Å². The van der Waals surface area contributed by atoms with Crippen LogP contribution in [0.3, 0.4) is 0 Å². The summed E-state index contributed by atoms with van der Waals surface area (Å²) < 4.78 is 0. The fraction of sp³-hybridized carbons (Fsp3) is 0.263. The quantitative estimate of drug-likeness (QED) is 0.168. The van der Waals surface area contributed by atoms with E-state index in [1.165, 1.54) is 77.8 Å². The molecule has 3 aliphatic rings. The van der Waals surface area contributed by atoms with E-state index in [1.54, 1.807) is 0 Å². The smallest absolute Gasteiger partial charge is 0.102 e. The third-order valence-electron chi connectivity index (χ3n) is 15.1. The number of hydrogen-bond donors (Lipinski definition) is 0. The topological polar surface area (TPSA) is 31.2 Å². The monoisotopic (exact) mass is 796 g/mol. The van der Waals surface area contributed by atoms with Crippen molar-refractivity contribution in [2.45, 2.75) is 96.8 Å². The second-order valence-corrected chi connectivity index (χ2v) is 19.5. The predicted molar refractivity (Wildman–Crippen MR) is 260 cm³/mol. The zero-order valence-corrected chi connectivity index (χ0v) is 37.3. The Labute approximate surface area is 362 Å². The van der Waals surface area contributed by atoms with Gasteiger partial charge in [0.05, 0.1) is 27.6 Å². The standard InChI is InChI=1S/C57H56N4/c1-37-58-53(3,4)55(7,8)60(37)46-28-21-39(22-29-46)41-25-32-48-43(35-41)27-34-50-49-33-26-42(40-23-30-47(31-24-40)61-38(2)59-54(5,6)56(61,9)10)36-51(49)57(52(48)50,44-17-13-11-14-18-44)45-19-15-12-16-20-45/h11-36H,1-10H3. The van der Waals surface area contributed by atoms with Crippen LogP contribution in [-0.4, -0.2) is 33.8 Å². The number of hydrogen-bond acceptors (Lipinski definition) is 4. The van der Waals surface area contributed by atoms with Crippen molar-refractivity contribution in [3.05, 3.63) is 180 Å². The summed E-state index contributed by atoms with van der Waals surface area (Å²) in [6.07, 6.45) is 0. The summed E-state index contributed by atoms with van der Waals surface area (Å²) in [5.74, 6) is 2.12. The Kier molecular flexibility index (Phi) is 8.53.